The number of hydrogen-bond acceptors (Lipinski definition) is 4. The Labute approximate surface area is 90.8 Å². The molecule has 84 valence electrons. The molecule has 1 heterocycles. The van der Waals surface area contributed by atoms with Crippen LogP contribution >= 0.6 is 0 Å². The van der Waals surface area contributed by atoms with E-state index in [9.17, 15) is 5.11 Å². The molecule has 15 heavy (non-hydrogen) atoms. The van der Waals surface area contributed by atoms with Gasteiger partial charge in [0.1, 0.15) is 0 Å². The van der Waals surface area contributed by atoms with Gasteiger partial charge >= 0.3 is 0 Å². The van der Waals surface area contributed by atoms with E-state index in [0.29, 0.717) is 6.54 Å². The Balaban J connectivity index is 2.58. The summed E-state index contributed by atoms with van der Waals surface area (Å²) >= 11 is 0. The number of nitrogens with one attached hydrogen (secondary N) is 1. The van der Waals surface area contributed by atoms with Crippen LogP contribution in [0.1, 0.15) is 33.4 Å². The van der Waals surface area contributed by atoms with E-state index in [1.165, 1.54) is 0 Å². The van der Waals surface area contributed by atoms with Crippen molar-refractivity contribution < 1.29 is 5.11 Å². The minimum atomic E-state index is -0.783. The second kappa shape index (κ2) is 4.24. The first-order valence-corrected chi connectivity index (χ1v) is 5.05. The lowest BCUT2D eigenvalue weighted by Crippen LogP contribution is -2.55. The van der Waals surface area contributed by atoms with Crippen LogP contribution in [-0.2, 0) is 6.54 Å². The summed E-state index contributed by atoms with van der Waals surface area (Å²) in [5.74, 6) is 0. The van der Waals surface area contributed by atoms with Crippen molar-refractivity contribution in [3.05, 3.63) is 24.3 Å². The first kappa shape index (κ1) is 12.1. The van der Waals surface area contributed by atoms with Gasteiger partial charge in [0, 0.05) is 30.7 Å². The summed E-state index contributed by atoms with van der Waals surface area (Å²) in [7, 11) is 0. The summed E-state index contributed by atoms with van der Waals surface area (Å²) in [6.45, 7) is 8.10. The fourth-order valence-electron chi connectivity index (χ4n) is 0.949. The Morgan fingerprint density at radius 1 is 1.27 bits per heavy atom. The number of hydrogen-bond donors (Lipinski definition) is 2. The van der Waals surface area contributed by atoms with Crippen molar-refractivity contribution in [2.75, 3.05) is 0 Å². The van der Waals surface area contributed by atoms with Gasteiger partial charge in [0.15, 0.2) is 0 Å². The van der Waals surface area contributed by atoms with Gasteiger partial charge in [0.2, 0.25) is 0 Å². The first-order valence-electron chi connectivity index (χ1n) is 5.05. The Kier molecular flexibility index (Phi) is 3.42. The van der Waals surface area contributed by atoms with Crippen molar-refractivity contribution in [1.82, 2.24) is 15.3 Å². The molecule has 0 radical (unpaired) electrons. The second-order valence-corrected chi connectivity index (χ2v) is 4.73. The van der Waals surface area contributed by atoms with Crippen molar-refractivity contribution in [2.24, 2.45) is 0 Å². The van der Waals surface area contributed by atoms with Crippen LogP contribution in [0.2, 0.25) is 0 Å². The lowest BCUT2D eigenvalue weighted by molar-refractivity contribution is -0.00546. The van der Waals surface area contributed by atoms with Gasteiger partial charge in [0.05, 0.1) is 11.3 Å². The molecule has 0 aliphatic carbocycles. The van der Waals surface area contributed by atoms with Gasteiger partial charge in [-0.15, -0.1) is 0 Å². The van der Waals surface area contributed by atoms with E-state index in [1.807, 2.05) is 13.8 Å². The molecule has 0 aromatic carbocycles. The topological polar surface area (TPSA) is 58.0 Å². The van der Waals surface area contributed by atoms with E-state index >= 15 is 0 Å². The van der Waals surface area contributed by atoms with Crippen LogP contribution in [0.5, 0.6) is 0 Å². The number of aliphatic hydroxyl groups is 1. The maximum absolute atomic E-state index is 9.92. The number of aromatic nitrogens is 2. The highest BCUT2D eigenvalue weighted by atomic mass is 16.3. The Bertz CT molecular complexity index is 303. The van der Waals surface area contributed by atoms with Gasteiger partial charge in [-0.2, -0.15) is 0 Å². The quantitative estimate of drug-likeness (QED) is 0.780. The average Bonchev–Trinajstić information content (AvgIpc) is 2.15. The summed E-state index contributed by atoms with van der Waals surface area (Å²) in [6.07, 6.45) is 5.02. The number of nitrogens with zero attached hydrogens (tertiary/aromatic N) is 2. The summed E-state index contributed by atoms with van der Waals surface area (Å²) in [5.41, 5.74) is -0.283. The minimum Gasteiger partial charge on any atom is -0.389 e. The van der Waals surface area contributed by atoms with Crippen LogP contribution in [-0.4, -0.2) is 26.2 Å². The SMILES string of the molecule is CC(C)(O)C(C)(C)NCc1cnccn1. The second-order valence-electron chi connectivity index (χ2n) is 4.73. The maximum atomic E-state index is 9.92. The Morgan fingerprint density at radius 2 is 1.93 bits per heavy atom. The van der Waals surface area contributed by atoms with Crippen molar-refractivity contribution in [3.8, 4) is 0 Å². The summed E-state index contributed by atoms with van der Waals surface area (Å²) in [5, 5.41) is 13.2. The van der Waals surface area contributed by atoms with E-state index in [2.05, 4.69) is 15.3 Å². The lowest BCUT2D eigenvalue weighted by atomic mass is 9.86. The summed E-state index contributed by atoms with van der Waals surface area (Å²) < 4.78 is 0. The Morgan fingerprint density at radius 3 is 2.40 bits per heavy atom. The molecule has 2 N–H and O–H groups in total. The van der Waals surface area contributed by atoms with Gasteiger partial charge in [-0.05, 0) is 27.7 Å². The maximum Gasteiger partial charge on any atom is 0.0767 e. The van der Waals surface area contributed by atoms with Crippen LogP contribution < -0.4 is 5.32 Å². The predicted molar refractivity (Wildman–Crippen MR) is 59.2 cm³/mol. The minimum absolute atomic E-state index is 0.371. The van der Waals surface area contributed by atoms with Crippen LogP contribution in [0.4, 0.5) is 0 Å². The standard InChI is InChI=1S/C11H19N3O/c1-10(2,11(3,4)15)14-8-9-7-12-5-6-13-9/h5-7,14-15H,8H2,1-4H3. The molecule has 0 fully saturated rings. The van der Waals surface area contributed by atoms with Crippen LogP contribution in [0.15, 0.2) is 18.6 Å². The highest BCUT2D eigenvalue weighted by molar-refractivity contribution is 4.99. The average molecular weight is 209 g/mol. The van der Waals surface area contributed by atoms with Gasteiger partial charge in [0.25, 0.3) is 0 Å². The van der Waals surface area contributed by atoms with Crippen molar-refractivity contribution in [1.29, 1.82) is 0 Å². The van der Waals surface area contributed by atoms with E-state index < -0.39 is 5.60 Å². The predicted octanol–water partition coefficient (Wildman–Crippen LogP) is 1.12. The van der Waals surface area contributed by atoms with Gasteiger partial charge < -0.3 is 10.4 Å². The third-order valence-corrected chi connectivity index (χ3v) is 2.86. The largest absolute Gasteiger partial charge is 0.389 e. The smallest absolute Gasteiger partial charge is 0.0767 e. The molecule has 0 aliphatic rings. The molecule has 4 nitrogen and oxygen atoms in total. The molecule has 0 saturated carbocycles. The molecule has 1 aromatic rings. The third kappa shape index (κ3) is 3.25. The molecular weight excluding hydrogens is 190 g/mol. The zero-order valence-corrected chi connectivity index (χ0v) is 9.78. The zero-order chi connectivity index (χ0) is 11.5. The molecule has 1 rings (SSSR count). The summed E-state index contributed by atoms with van der Waals surface area (Å²) in [4.78, 5) is 8.14. The first-order chi connectivity index (χ1) is 6.83. The van der Waals surface area contributed by atoms with Gasteiger partial charge in [-0.1, -0.05) is 0 Å². The third-order valence-electron chi connectivity index (χ3n) is 2.86. The fourth-order valence-corrected chi connectivity index (χ4v) is 0.949. The molecule has 0 amide bonds. The molecule has 4 heteroatoms. The van der Waals surface area contributed by atoms with Crippen molar-refractivity contribution in [3.63, 3.8) is 0 Å². The highest BCUT2D eigenvalue weighted by Gasteiger charge is 2.34. The van der Waals surface area contributed by atoms with E-state index in [-0.39, 0.29) is 5.54 Å². The van der Waals surface area contributed by atoms with Gasteiger partial charge in [-0.25, -0.2) is 0 Å². The van der Waals surface area contributed by atoms with Gasteiger partial charge in [-0.3, -0.25) is 9.97 Å². The van der Waals surface area contributed by atoms with Crippen LogP contribution in [0.3, 0.4) is 0 Å². The lowest BCUT2D eigenvalue weighted by Gasteiger charge is -2.38. The fraction of sp³-hybridized carbons (Fsp3) is 0.636. The molecule has 0 spiro atoms. The Hall–Kier alpha value is -1.00. The molecule has 0 saturated heterocycles. The van der Waals surface area contributed by atoms with E-state index in [0.717, 1.165) is 5.69 Å². The molecule has 0 bridgehead atoms. The molecule has 0 aliphatic heterocycles. The summed E-state index contributed by atoms with van der Waals surface area (Å²) in [6, 6.07) is 0. The molecule has 0 unspecified atom stereocenters. The van der Waals surface area contributed by atoms with E-state index in [1.54, 1.807) is 32.4 Å². The number of rotatable bonds is 4. The van der Waals surface area contributed by atoms with Crippen molar-refractivity contribution >= 4 is 0 Å². The normalized spacial score (nSPS) is 12.9. The highest BCUT2D eigenvalue weighted by Crippen LogP contribution is 2.20. The van der Waals surface area contributed by atoms with Crippen molar-refractivity contribution in [2.45, 2.75) is 45.4 Å². The van der Waals surface area contributed by atoms with Crippen LogP contribution in [0.25, 0.3) is 0 Å². The molecule has 1 aromatic heterocycles. The molecular formula is C11H19N3O. The van der Waals surface area contributed by atoms with E-state index in [4.69, 9.17) is 0 Å². The zero-order valence-electron chi connectivity index (χ0n) is 9.78. The molecule has 0 atom stereocenters. The monoisotopic (exact) mass is 209 g/mol. The van der Waals surface area contributed by atoms with Crippen LogP contribution in [0, 0.1) is 0 Å².